The highest BCUT2D eigenvalue weighted by Gasteiger charge is 2.17. The molecule has 0 aliphatic rings. The van der Waals surface area contributed by atoms with Crippen molar-refractivity contribution in [3.8, 4) is 5.75 Å². The summed E-state index contributed by atoms with van der Waals surface area (Å²) in [4.78, 5) is 4.22. The first-order valence-corrected chi connectivity index (χ1v) is 5.32. The molecule has 0 saturated carbocycles. The predicted molar refractivity (Wildman–Crippen MR) is 63.4 cm³/mol. The van der Waals surface area contributed by atoms with Gasteiger partial charge in [0.25, 0.3) is 0 Å². The first-order valence-electron chi connectivity index (χ1n) is 5.32. The van der Waals surface area contributed by atoms with Crippen LogP contribution < -0.4 is 10.5 Å². The van der Waals surface area contributed by atoms with Crippen molar-refractivity contribution in [2.45, 2.75) is 32.4 Å². The second kappa shape index (κ2) is 5.27. The molecular formula is C12H20N2O2. The molecule has 0 amide bonds. The Bertz CT molecular complexity index is 334. The minimum atomic E-state index is -0.268. The van der Waals surface area contributed by atoms with Crippen molar-refractivity contribution in [3.63, 3.8) is 0 Å². The number of nitrogens with two attached hydrogens (primary N) is 1. The quantitative estimate of drug-likeness (QED) is 0.848. The van der Waals surface area contributed by atoms with Gasteiger partial charge in [-0.2, -0.15) is 0 Å². The van der Waals surface area contributed by atoms with Crippen LogP contribution in [-0.2, 0) is 4.74 Å². The van der Waals surface area contributed by atoms with Crippen LogP contribution in [0, 0.1) is 0 Å². The third-order valence-electron chi connectivity index (χ3n) is 2.07. The summed E-state index contributed by atoms with van der Waals surface area (Å²) in [5, 5.41) is 0. The third-order valence-corrected chi connectivity index (χ3v) is 2.07. The zero-order valence-electron chi connectivity index (χ0n) is 10.4. The van der Waals surface area contributed by atoms with E-state index in [-0.39, 0.29) is 11.6 Å². The molecule has 0 aliphatic carbocycles. The van der Waals surface area contributed by atoms with Crippen LogP contribution in [0.5, 0.6) is 5.75 Å². The van der Waals surface area contributed by atoms with Gasteiger partial charge in [-0.15, -0.1) is 0 Å². The van der Waals surface area contributed by atoms with E-state index in [4.69, 9.17) is 15.2 Å². The molecule has 1 heterocycles. The van der Waals surface area contributed by atoms with Gasteiger partial charge in [0.2, 0.25) is 0 Å². The van der Waals surface area contributed by atoms with Gasteiger partial charge in [0.15, 0.2) is 0 Å². The second-order valence-electron chi connectivity index (χ2n) is 4.62. The largest absolute Gasteiger partial charge is 0.495 e. The van der Waals surface area contributed by atoms with E-state index in [1.54, 1.807) is 13.3 Å². The number of hydrogen-bond donors (Lipinski definition) is 1. The maximum absolute atomic E-state index is 6.01. The molecule has 0 bridgehead atoms. The fourth-order valence-corrected chi connectivity index (χ4v) is 1.27. The van der Waals surface area contributed by atoms with Crippen LogP contribution in [0.4, 0.5) is 0 Å². The normalized spacial score (nSPS) is 13.6. The first-order chi connectivity index (χ1) is 7.44. The van der Waals surface area contributed by atoms with Crippen molar-refractivity contribution < 1.29 is 9.47 Å². The first kappa shape index (κ1) is 12.9. The highest BCUT2D eigenvalue weighted by atomic mass is 16.5. The number of ether oxygens (including phenoxy) is 2. The number of pyridine rings is 1. The highest BCUT2D eigenvalue weighted by molar-refractivity contribution is 5.29. The minimum Gasteiger partial charge on any atom is -0.495 e. The van der Waals surface area contributed by atoms with E-state index in [9.17, 15) is 0 Å². The lowest BCUT2D eigenvalue weighted by Crippen LogP contribution is -2.27. The van der Waals surface area contributed by atoms with Crippen molar-refractivity contribution in [2.24, 2.45) is 5.73 Å². The number of methoxy groups -OCH3 is 1. The molecule has 90 valence electrons. The van der Waals surface area contributed by atoms with Crippen LogP contribution in [-0.4, -0.2) is 24.3 Å². The van der Waals surface area contributed by atoms with Crippen molar-refractivity contribution >= 4 is 0 Å². The SMILES string of the molecule is COc1cccnc1C(N)COC(C)(C)C. The van der Waals surface area contributed by atoms with Crippen molar-refractivity contribution in [2.75, 3.05) is 13.7 Å². The summed E-state index contributed by atoms with van der Waals surface area (Å²) < 4.78 is 10.8. The van der Waals surface area contributed by atoms with Crippen LogP contribution in [0.2, 0.25) is 0 Å². The van der Waals surface area contributed by atoms with E-state index in [0.717, 1.165) is 5.69 Å². The Morgan fingerprint density at radius 2 is 2.12 bits per heavy atom. The van der Waals surface area contributed by atoms with Gasteiger partial charge in [-0.05, 0) is 32.9 Å². The molecular weight excluding hydrogens is 204 g/mol. The van der Waals surface area contributed by atoms with Crippen LogP contribution in [0.1, 0.15) is 32.5 Å². The van der Waals surface area contributed by atoms with Crippen molar-refractivity contribution in [1.29, 1.82) is 0 Å². The van der Waals surface area contributed by atoms with E-state index in [1.165, 1.54) is 0 Å². The number of nitrogens with zero attached hydrogens (tertiary/aromatic N) is 1. The van der Waals surface area contributed by atoms with Gasteiger partial charge < -0.3 is 15.2 Å². The summed E-state index contributed by atoms with van der Waals surface area (Å²) in [6.45, 7) is 6.41. The van der Waals surface area contributed by atoms with E-state index in [1.807, 2.05) is 32.9 Å². The average Bonchev–Trinajstić information content (AvgIpc) is 2.25. The molecule has 1 atom stereocenters. The topological polar surface area (TPSA) is 57.4 Å². The Hall–Kier alpha value is -1.13. The van der Waals surface area contributed by atoms with Gasteiger partial charge >= 0.3 is 0 Å². The monoisotopic (exact) mass is 224 g/mol. The number of hydrogen-bond acceptors (Lipinski definition) is 4. The van der Waals surface area contributed by atoms with Crippen LogP contribution in [0.3, 0.4) is 0 Å². The van der Waals surface area contributed by atoms with Crippen molar-refractivity contribution in [3.05, 3.63) is 24.0 Å². The van der Waals surface area contributed by atoms with E-state index in [0.29, 0.717) is 12.4 Å². The molecule has 16 heavy (non-hydrogen) atoms. The van der Waals surface area contributed by atoms with E-state index >= 15 is 0 Å². The second-order valence-corrected chi connectivity index (χ2v) is 4.62. The van der Waals surface area contributed by atoms with Gasteiger partial charge in [0, 0.05) is 6.20 Å². The third kappa shape index (κ3) is 3.79. The molecule has 1 rings (SSSR count). The molecule has 1 aromatic rings. The van der Waals surface area contributed by atoms with E-state index in [2.05, 4.69) is 4.98 Å². The molecule has 0 radical (unpaired) electrons. The molecule has 0 spiro atoms. The van der Waals surface area contributed by atoms with Gasteiger partial charge in [0.1, 0.15) is 11.4 Å². The highest BCUT2D eigenvalue weighted by Crippen LogP contribution is 2.22. The molecule has 0 fully saturated rings. The zero-order valence-corrected chi connectivity index (χ0v) is 10.4. The number of rotatable bonds is 4. The fourth-order valence-electron chi connectivity index (χ4n) is 1.27. The molecule has 1 aromatic heterocycles. The Kier molecular flexibility index (Phi) is 4.26. The summed E-state index contributed by atoms with van der Waals surface area (Å²) in [6, 6.07) is 3.40. The lowest BCUT2D eigenvalue weighted by atomic mass is 10.1. The van der Waals surface area contributed by atoms with Crippen LogP contribution in [0.25, 0.3) is 0 Å². The molecule has 0 aromatic carbocycles. The minimum absolute atomic E-state index is 0.195. The summed E-state index contributed by atoms with van der Waals surface area (Å²) in [5.41, 5.74) is 6.55. The molecule has 4 heteroatoms. The van der Waals surface area contributed by atoms with Crippen molar-refractivity contribution in [1.82, 2.24) is 4.98 Å². The van der Waals surface area contributed by atoms with Gasteiger partial charge in [-0.1, -0.05) is 0 Å². The number of aromatic nitrogens is 1. The maximum atomic E-state index is 6.01. The lowest BCUT2D eigenvalue weighted by molar-refractivity contribution is -0.0109. The molecule has 4 nitrogen and oxygen atoms in total. The summed E-state index contributed by atoms with van der Waals surface area (Å²) >= 11 is 0. The Morgan fingerprint density at radius 1 is 1.44 bits per heavy atom. The van der Waals surface area contributed by atoms with Gasteiger partial charge in [-0.25, -0.2) is 0 Å². The Balaban J connectivity index is 2.69. The van der Waals surface area contributed by atoms with Gasteiger partial charge in [-0.3, -0.25) is 4.98 Å². The molecule has 1 unspecified atom stereocenters. The van der Waals surface area contributed by atoms with Crippen LogP contribution in [0.15, 0.2) is 18.3 Å². The molecule has 0 saturated heterocycles. The smallest absolute Gasteiger partial charge is 0.142 e. The summed E-state index contributed by atoms with van der Waals surface area (Å²) in [5.74, 6) is 0.701. The van der Waals surface area contributed by atoms with E-state index < -0.39 is 0 Å². The molecule has 2 N–H and O–H groups in total. The fraction of sp³-hybridized carbons (Fsp3) is 0.583. The Labute approximate surface area is 96.8 Å². The average molecular weight is 224 g/mol. The standard InChI is InChI=1S/C12H20N2O2/c1-12(2,3)16-8-9(13)11-10(15-4)6-5-7-14-11/h5-7,9H,8,13H2,1-4H3. The summed E-state index contributed by atoms with van der Waals surface area (Å²) in [6.07, 6.45) is 1.70. The van der Waals surface area contributed by atoms with Crippen LogP contribution >= 0.6 is 0 Å². The Morgan fingerprint density at radius 3 is 2.69 bits per heavy atom. The maximum Gasteiger partial charge on any atom is 0.142 e. The zero-order chi connectivity index (χ0) is 12.2. The predicted octanol–water partition coefficient (Wildman–Crippen LogP) is 1.91. The lowest BCUT2D eigenvalue weighted by Gasteiger charge is -2.22. The van der Waals surface area contributed by atoms with Gasteiger partial charge in [0.05, 0.1) is 25.4 Å². The molecule has 0 aliphatic heterocycles. The summed E-state index contributed by atoms with van der Waals surface area (Å²) in [7, 11) is 1.61.